The maximum atomic E-state index is 7.23. The van der Waals surface area contributed by atoms with E-state index >= 15 is 0 Å². The van der Waals surface area contributed by atoms with Gasteiger partial charge in [-0.15, -0.1) is 0 Å². The number of aliphatic hydroxyl groups excluding tert-OH is 1. The molecule has 0 spiro atoms. The van der Waals surface area contributed by atoms with Crippen molar-refractivity contribution in [2.45, 2.75) is 0 Å². The molecule has 0 saturated carbocycles. The molecule has 7 heavy (non-hydrogen) atoms. The third-order valence-corrected chi connectivity index (χ3v) is 0. The van der Waals surface area contributed by atoms with Crippen LogP contribution >= 0.6 is 8.60 Å². The van der Waals surface area contributed by atoms with Crippen molar-refractivity contribution in [1.82, 2.24) is 0 Å². The van der Waals surface area contributed by atoms with E-state index in [0.717, 1.165) is 7.11 Å². The number of hydrogen-bond acceptors (Lipinski definition) is 4. The Bertz CT molecular complexity index is 16.4. The molecule has 4 nitrogen and oxygen atoms in total. The molecule has 0 bridgehead atoms. The van der Waals surface area contributed by atoms with E-state index in [2.05, 4.69) is 0 Å². The fourth-order valence-corrected chi connectivity index (χ4v) is 0. The quantitative estimate of drug-likeness (QED) is 0.234. The Balaban J connectivity index is -0.0000000480. The zero-order valence-electron chi connectivity index (χ0n) is 3.24. The molecule has 0 heterocycles. The van der Waals surface area contributed by atoms with Crippen molar-refractivity contribution in [3.05, 3.63) is 0 Å². The van der Waals surface area contributed by atoms with Crippen molar-refractivity contribution in [1.29, 1.82) is 0 Å². The molecule has 0 atom stereocenters. The van der Waals surface area contributed by atoms with E-state index in [0.29, 0.717) is 0 Å². The first-order valence-electron chi connectivity index (χ1n) is 1.05. The van der Waals surface area contributed by atoms with Crippen molar-refractivity contribution < 1.29 is 19.8 Å². The molecule has 42 valence electrons. The standard InChI is InChI=1S/CH4O.Na.H3O3P.H/c1-2;;1-4(2)3;/h2H,1H3;;1-3H;. The van der Waals surface area contributed by atoms with Gasteiger partial charge in [0.15, 0.2) is 0 Å². The van der Waals surface area contributed by atoms with Gasteiger partial charge in [0.25, 0.3) is 0 Å². The van der Waals surface area contributed by atoms with Gasteiger partial charge in [0.05, 0.1) is 0 Å². The van der Waals surface area contributed by atoms with Gasteiger partial charge in [-0.05, 0) is 0 Å². The molecule has 0 radical (unpaired) electrons. The Morgan fingerprint density at radius 2 is 1.00 bits per heavy atom. The van der Waals surface area contributed by atoms with Crippen molar-refractivity contribution in [2.24, 2.45) is 0 Å². The van der Waals surface area contributed by atoms with Crippen LogP contribution in [0.5, 0.6) is 0 Å². The second kappa shape index (κ2) is 15.7. The predicted molar refractivity (Wildman–Crippen MR) is 28.9 cm³/mol. The first kappa shape index (κ1) is 15.7. The second-order valence-electron chi connectivity index (χ2n) is 0.268. The first-order valence-corrected chi connectivity index (χ1v) is 2.25. The SMILES string of the molecule is CO.OP(O)O.[NaH]. The average molecular weight is 138 g/mol. The van der Waals surface area contributed by atoms with E-state index < -0.39 is 8.60 Å². The zero-order chi connectivity index (χ0) is 5.58. The van der Waals surface area contributed by atoms with Gasteiger partial charge in [0.1, 0.15) is 0 Å². The van der Waals surface area contributed by atoms with Crippen molar-refractivity contribution in [2.75, 3.05) is 7.11 Å². The third kappa shape index (κ3) is 125. The molecule has 0 aromatic carbocycles. The fraction of sp³-hybridized carbons (Fsp3) is 1.00. The first-order chi connectivity index (χ1) is 2.73. The van der Waals surface area contributed by atoms with Crippen LogP contribution in [0.25, 0.3) is 0 Å². The van der Waals surface area contributed by atoms with Crippen LogP contribution in [-0.4, -0.2) is 56.5 Å². The van der Waals surface area contributed by atoms with Crippen LogP contribution < -0.4 is 0 Å². The van der Waals surface area contributed by atoms with Crippen molar-refractivity contribution in [3.63, 3.8) is 0 Å². The molecule has 0 unspecified atom stereocenters. The normalized spacial score (nSPS) is 6.00. The predicted octanol–water partition coefficient (Wildman–Crippen LogP) is -1.85. The van der Waals surface area contributed by atoms with Gasteiger partial charge in [0, 0.05) is 7.11 Å². The summed E-state index contributed by atoms with van der Waals surface area (Å²) in [7, 11) is -1.62. The number of rotatable bonds is 0. The summed E-state index contributed by atoms with van der Waals surface area (Å²) in [4.78, 5) is 21.7. The maximum absolute atomic E-state index is 7.23. The summed E-state index contributed by atoms with van der Waals surface area (Å²) in [6.07, 6.45) is 0. The Morgan fingerprint density at radius 3 is 1.00 bits per heavy atom. The van der Waals surface area contributed by atoms with E-state index in [1.54, 1.807) is 0 Å². The van der Waals surface area contributed by atoms with Crippen molar-refractivity contribution in [3.8, 4) is 0 Å². The van der Waals surface area contributed by atoms with Gasteiger partial charge in [-0.1, -0.05) is 0 Å². The van der Waals surface area contributed by atoms with Gasteiger partial charge in [0.2, 0.25) is 0 Å². The van der Waals surface area contributed by atoms with Gasteiger partial charge >= 0.3 is 38.2 Å². The third-order valence-electron chi connectivity index (χ3n) is 0. The summed E-state index contributed by atoms with van der Waals surface area (Å²) in [5.41, 5.74) is 0. The molecular weight excluding hydrogens is 130 g/mol. The van der Waals surface area contributed by atoms with E-state index in [1.165, 1.54) is 0 Å². The van der Waals surface area contributed by atoms with E-state index in [-0.39, 0.29) is 29.6 Å². The molecule has 0 aromatic heterocycles. The summed E-state index contributed by atoms with van der Waals surface area (Å²) in [6.45, 7) is 0. The Hall–Kier alpha value is 1.27. The van der Waals surface area contributed by atoms with E-state index in [4.69, 9.17) is 19.8 Å². The van der Waals surface area contributed by atoms with E-state index in [9.17, 15) is 0 Å². The summed E-state index contributed by atoms with van der Waals surface area (Å²) in [5.74, 6) is 0. The van der Waals surface area contributed by atoms with Crippen LogP contribution in [0, 0.1) is 0 Å². The molecule has 6 heteroatoms. The van der Waals surface area contributed by atoms with Crippen LogP contribution in [0.3, 0.4) is 0 Å². The zero-order valence-corrected chi connectivity index (χ0v) is 4.13. The molecule has 0 aliphatic heterocycles. The molecule has 0 aromatic rings. The molecule has 0 saturated heterocycles. The fourth-order valence-electron chi connectivity index (χ4n) is 0. The molecule has 0 amide bonds. The summed E-state index contributed by atoms with van der Waals surface area (Å²) in [6, 6.07) is 0. The van der Waals surface area contributed by atoms with Gasteiger partial charge in [-0.25, -0.2) is 0 Å². The Labute approximate surface area is 65.1 Å². The Kier molecular flexibility index (Phi) is 35.2. The molecule has 0 aliphatic rings. The monoisotopic (exact) mass is 138 g/mol. The van der Waals surface area contributed by atoms with Crippen LogP contribution in [-0.2, 0) is 0 Å². The van der Waals surface area contributed by atoms with Gasteiger partial charge < -0.3 is 19.8 Å². The van der Waals surface area contributed by atoms with Crippen LogP contribution in [0.2, 0.25) is 0 Å². The minimum atomic E-state index is -2.62. The summed E-state index contributed by atoms with van der Waals surface area (Å²) < 4.78 is 0. The Morgan fingerprint density at radius 1 is 1.00 bits per heavy atom. The number of aliphatic hydroxyl groups is 1. The van der Waals surface area contributed by atoms with E-state index in [1.807, 2.05) is 0 Å². The minimum absolute atomic E-state index is 0. The number of hydrogen-bond donors (Lipinski definition) is 4. The van der Waals surface area contributed by atoms with Crippen LogP contribution in [0.1, 0.15) is 0 Å². The van der Waals surface area contributed by atoms with Crippen molar-refractivity contribution >= 4 is 38.2 Å². The molecule has 0 rings (SSSR count). The van der Waals surface area contributed by atoms with Gasteiger partial charge in [-0.2, -0.15) is 0 Å². The topological polar surface area (TPSA) is 80.9 Å². The average Bonchev–Trinajstić information content (AvgIpc) is 1.41. The molecule has 0 aliphatic carbocycles. The van der Waals surface area contributed by atoms with Crippen LogP contribution in [0.15, 0.2) is 0 Å². The molecule has 4 N–H and O–H groups in total. The molecule has 0 fully saturated rings. The second-order valence-corrected chi connectivity index (χ2v) is 0.805. The van der Waals surface area contributed by atoms with Crippen LogP contribution in [0.4, 0.5) is 0 Å². The van der Waals surface area contributed by atoms with Gasteiger partial charge in [-0.3, -0.25) is 0 Å². The molecular formula is CH8NaO4P. The summed E-state index contributed by atoms with van der Waals surface area (Å²) in [5, 5.41) is 7.00. The summed E-state index contributed by atoms with van der Waals surface area (Å²) >= 11 is 0.